The molecule has 2 aromatic carbocycles. The summed E-state index contributed by atoms with van der Waals surface area (Å²) < 4.78 is 22.7. The number of esters is 1. The summed E-state index contributed by atoms with van der Waals surface area (Å²) in [6, 6.07) is 12.8. The highest BCUT2D eigenvalue weighted by molar-refractivity contribution is 5.73. The zero-order valence-corrected chi connectivity index (χ0v) is 15.8. The van der Waals surface area contributed by atoms with E-state index in [2.05, 4.69) is 15.5 Å². The first-order chi connectivity index (χ1) is 13.7. The predicted molar refractivity (Wildman–Crippen MR) is 98.8 cm³/mol. The van der Waals surface area contributed by atoms with Crippen molar-refractivity contribution in [1.29, 1.82) is 0 Å². The number of ether oxygens (including phenoxy) is 4. The SMILES string of the molecule is COc1cc(CC(=O)OCc2nnnn2-c2ccccc2)cc(OC)c1OC. The van der Waals surface area contributed by atoms with E-state index in [1.807, 2.05) is 30.3 Å². The Hall–Kier alpha value is -3.62. The lowest BCUT2D eigenvalue weighted by atomic mass is 10.1. The molecule has 146 valence electrons. The van der Waals surface area contributed by atoms with Crippen LogP contribution in [0.1, 0.15) is 11.4 Å². The van der Waals surface area contributed by atoms with E-state index in [1.54, 1.807) is 12.1 Å². The maximum absolute atomic E-state index is 12.3. The summed E-state index contributed by atoms with van der Waals surface area (Å²) >= 11 is 0. The van der Waals surface area contributed by atoms with Crippen LogP contribution in [0.5, 0.6) is 17.2 Å². The Morgan fingerprint density at radius 2 is 1.68 bits per heavy atom. The van der Waals surface area contributed by atoms with Crippen molar-refractivity contribution in [3.05, 3.63) is 53.9 Å². The first kappa shape index (κ1) is 19.2. The molecule has 0 radical (unpaired) electrons. The number of methoxy groups -OCH3 is 3. The summed E-state index contributed by atoms with van der Waals surface area (Å²) in [6.45, 7) is -0.0504. The van der Waals surface area contributed by atoms with Gasteiger partial charge >= 0.3 is 5.97 Å². The highest BCUT2D eigenvalue weighted by Gasteiger charge is 2.16. The Kier molecular flexibility index (Phi) is 6.05. The summed E-state index contributed by atoms with van der Waals surface area (Å²) in [7, 11) is 4.55. The highest BCUT2D eigenvalue weighted by atomic mass is 16.5. The number of hydrogen-bond donors (Lipinski definition) is 0. The zero-order valence-electron chi connectivity index (χ0n) is 15.8. The van der Waals surface area contributed by atoms with Gasteiger partial charge in [0, 0.05) is 0 Å². The third-order valence-electron chi connectivity index (χ3n) is 3.97. The molecule has 0 amide bonds. The molecule has 0 fully saturated rings. The number of nitrogens with zero attached hydrogens (tertiary/aromatic N) is 4. The molecule has 9 heteroatoms. The van der Waals surface area contributed by atoms with E-state index in [0.29, 0.717) is 28.6 Å². The van der Waals surface area contributed by atoms with Gasteiger partial charge in [0.15, 0.2) is 23.9 Å². The van der Waals surface area contributed by atoms with Gasteiger partial charge in [-0.05, 0) is 40.3 Å². The van der Waals surface area contributed by atoms with E-state index in [9.17, 15) is 4.79 Å². The molecule has 0 aliphatic rings. The van der Waals surface area contributed by atoms with E-state index in [0.717, 1.165) is 5.69 Å². The lowest BCUT2D eigenvalue weighted by molar-refractivity contribution is -0.144. The Labute approximate surface area is 161 Å². The van der Waals surface area contributed by atoms with Crippen molar-refractivity contribution in [3.8, 4) is 22.9 Å². The number of carbonyl (C=O) groups is 1. The van der Waals surface area contributed by atoms with Crippen molar-refractivity contribution >= 4 is 5.97 Å². The van der Waals surface area contributed by atoms with Gasteiger partial charge in [-0.1, -0.05) is 18.2 Å². The van der Waals surface area contributed by atoms with Crippen LogP contribution in [-0.4, -0.2) is 47.5 Å². The molecule has 9 nitrogen and oxygen atoms in total. The third kappa shape index (κ3) is 4.20. The first-order valence-corrected chi connectivity index (χ1v) is 8.43. The lowest BCUT2D eigenvalue weighted by Gasteiger charge is -2.14. The Morgan fingerprint density at radius 1 is 1.00 bits per heavy atom. The number of tetrazole rings is 1. The minimum atomic E-state index is -0.433. The second-order valence-corrected chi connectivity index (χ2v) is 5.71. The van der Waals surface area contributed by atoms with Gasteiger partial charge in [0.05, 0.1) is 33.4 Å². The van der Waals surface area contributed by atoms with Gasteiger partial charge in [-0.15, -0.1) is 5.10 Å². The van der Waals surface area contributed by atoms with Crippen LogP contribution in [0.15, 0.2) is 42.5 Å². The normalized spacial score (nSPS) is 10.4. The van der Waals surface area contributed by atoms with Crippen molar-refractivity contribution in [2.24, 2.45) is 0 Å². The van der Waals surface area contributed by atoms with Crippen molar-refractivity contribution in [2.75, 3.05) is 21.3 Å². The van der Waals surface area contributed by atoms with E-state index >= 15 is 0 Å². The zero-order chi connectivity index (χ0) is 19.9. The van der Waals surface area contributed by atoms with E-state index in [-0.39, 0.29) is 13.0 Å². The first-order valence-electron chi connectivity index (χ1n) is 8.43. The molecule has 1 aromatic heterocycles. The molecule has 1 heterocycles. The second-order valence-electron chi connectivity index (χ2n) is 5.71. The van der Waals surface area contributed by atoms with Crippen molar-refractivity contribution in [3.63, 3.8) is 0 Å². The average Bonchev–Trinajstić information content (AvgIpc) is 3.20. The predicted octanol–water partition coefficient (Wildman–Crippen LogP) is 1.97. The third-order valence-corrected chi connectivity index (χ3v) is 3.97. The number of carbonyl (C=O) groups excluding carboxylic acids is 1. The van der Waals surface area contributed by atoms with Crippen molar-refractivity contribution < 1.29 is 23.7 Å². The second kappa shape index (κ2) is 8.85. The molecule has 0 bridgehead atoms. The van der Waals surface area contributed by atoms with Crippen LogP contribution in [0.2, 0.25) is 0 Å². The minimum Gasteiger partial charge on any atom is -0.493 e. The fraction of sp³-hybridized carbons (Fsp3) is 0.263. The van der Waals surface area contributed by atoms with E-state index in [4.69, 9.17) is 18.9 Å². The maximum Gasteiger partial charge on any atom is 0.310 e. The minimum absolute atomic E-state index is 0.0314. The van der Waals surface area contributed by atoms with E-state index < -0.39 is 5.97 Å². The van der Waals surface area contributed by atoms with Crippen LogP contribution < -0.4 is 14.2 Å². The molecule has 0 saturated heterocycles. The molecule has 0 saturated carbocycles. The summed E-state index contributed by atoms with van der Waals surface area (Å²) in [5, 5.41) is 11.5. The molecule has 0 aliphatic carbocycles. The molecule has 0 N–H and O–H groups in total. The fourth-order valence-electron chi connectivity index (χ4n) is 2.67. The van der Waals surface area contributed by atoms with Gasteiger partial charge in [-0.3, -0.25) is 4.79 Å². The van der Waals surface area contributed by atoms with Gasteiger partial charge in [-0.2, -0.15) is 4.68 Å². The highest BCUT2D eigenvalue weighted by Crippen LogP contribution is 2.38. The standard InChI is InChI=1S/C19H20N4O5/c1-25-15-9-13(10-16(26-2)19(15)27-3)11-18(24)28-12-17-20-21-22-23(17)14-7-5-4-6-8-14/h4-10H,11-12H2,1-3H3. The summed E-state index contributed by atoms with van der Waals surface area (Å²) in [4.78, 5) is 12.3. The van der Waals surface area contributed by atoms with Crippen LogP contribution >= 0.6 is 0 Å². The summed E-state index contributed by atoms with van der Waals surface area (Å²) in [6.07, 6.45) is 0.0314. The number of benzene rings is 2. The van der Waals surface area contributed by atoms with Crippen molar-refractivity contribution in [1.82, 2.24) is 20.2 Å². The van der Waals surface area contributed by atoms with Crippen LogP contribution in [-0.2, 0) is 22.6 Å². The molecule has 0 unspecified atom stereocenters. The van der Waals surface area contributed by atoms with Crippen LogP contribution in [0, 0.1) is 0 Å². The van der Waals surface area contributed by atoms with Gasteiger partial charge in [0.1, 0.15) is 0 Å². The largest absolute Gasteiger partial charge is 0.493 e. The molecular formula is C19H20N4O5. The van der Waals surface area contributed by atoms with Gasteiger partial charge in [-0.25, -0.2) is 0 Å². The van der Waals surface area contributed by atoms with Crippen LogP contribution in [0.25, 0.3) is 5.69 Å². The molecule has 0 spiro atoms. The Bertz CT molecular complexity index is 918. The van der Waals surface area contributed by atoms with Gasteiger partial charge in [0.2, 0.25) is 5.75 Å². The number of aromatic nitrogens is 4. The number of rotatable bonds is 8. The molecule has 0 aliphatic heterocycles. The Morgan fingerprint density at radius 3 is 2.29 bits per heavy atom. The summed E-state index contributed by atoms with van der Waals surface area (Å²) in [5.41, 5.74) is 1.45. The molecule has 3 rings (SSSR count). The van der Waals surface area contributed by atoms with Crippen molar-refractivity contribution in [2.45, 2.75) is 13.0 Å². The molecule has 28 heavy (non-hydrogen) atoms. The fourth-order valence-corrected chi connectivity index (χ4v) is 2.67. The monoisotopic (exact) mass is 384 g/mol. The molecular weight excluding hydrogens is 364 g/mol. The molecule has 3 aromatic rings. The van der Waals surface area contributed by atoms with Gasteiger partial charge < -0.3 is 18.9 Å². The van der Waals surface area contributed by atoms with Crippen LogP contribution in [0.4, 0.5) is 0 Å². The molecule has 0 atom stereocenters. The Balaban J connectivity index is 1.68. The van der Waals surface area contributed by atoms with E-state index in [1.165, 1.54) is 26.0 Å². The van der Waals surface area contributed by atoms with Gasteiger partial charge in [0.25, 0.3) is 0 Å². The van der Waals surface area contributed by atoms with Crippen LogP contribution in [0.3, 0.4) is 0 Å². The topological polar surface area (TPSA) is 97.6 Å². The quantitative estimate of drug-likeness (QED) is 0.544. The lowest BCUT2D eigenvalue weighted by Crippen LogP contribution is -2.12. The number of para-hydroxylation sites is 1. The average molecular weight is 384 g/mol. The summed E-state index contributed by atoms with van der Waals surface area (Å²) in [5.74, 6) is 1.39. The maximum atomic E-state index is 12.3. The number of hydrogen-bond acceptors (Lipinski definition) is 8. The smallest absolute Gasteiger partial charge is 0.310 e.